The highest BCUT2D eigenvalue weighted by molar-refractivity contribution is 5.67. The minimum absolute atomic E-state index is 0.263. The first-order valence-corrected chi connectivity index (χ1v) is 7.04. The monoisotopic (exact) mass is 331 g/mol. The smallest absolute Gasteiger partial charge is 0.444 e. The number of amides is 1. The lowest BCUT2D eigenvalue weighted by atomic mass is 10.2. The first-order chi connectivity index (χ1) is 10.6. The van der Waals surface area contributed by atoms with Gasteiger partial charge in [-0.05, 0) is 44.9 Å². The minimum atomic E-state index is -4.69. The van der Waals surface area contributed by atoms with Crippen LogP contribution in [0.25, 0.3) is 6.08 Å². The van der Waals surface area contributed by atoms with E-state index in [1.165, 1.54) is 24.3 Å². The van der Waals surface area contributed by atoms with Gasteiger partial charge >= 0.3 is 12.5 Å². The van der Waals surface area contributed by atoms with Crippen molar-refractivity contribution in [1.29, 1.82) is 0 Å². The summed E-state index contributed by atoms with van der Waals surface area (Å²) in [6.45, 7) is 5.73. The highest BCUT2D eigenvalue weighted by atomic mass is 19.4. The molecule has 0 aliphatic carbocycles. The number of alkyl halides is 3. The Labute approximate surface area is 133 Å². The lowest BCUT2D eigenvalue weighted by molar-refractivity contribution is -0.274. The highest BCUT2D eigenvalue weighted by Crippen LogP contribution is 2.22. The summed E-state index contributed by atoms with van der Waals surface area (Å²) < 4.78 is 44.9. The zero-order valence-electron chi connectivity index (χ0n) is 13.2. The Kier molecular flexibility index (Phi) is 6.48. The van der Waals surface area contributed by atoms with Crippen molar-refractivity contribution in [3.63, 3.8) is 0 Å². The number of ether oxygens (including phenoxy) is 2. The zero-order valence-corrected chi connectivity index (χ0v) is 13.2. The van der Waals surface area contributed by atoms with E-state index in [9.17, 15) is 18.0 Å². The maximum Gasteiger partial charge on any atom is 0.573 e. The maximum atomic E-state index is 12.0. The number of halogens is 3. The molecule has 0 saturated carbocycles. The standard InChI is InChI=1S/C16H20F3NO3/c1-15(2,3)23-14(21)20-11-5-4-6-12-7-9-13(10-8-12)22-16(17,18)19/h4,6-10H,5,11H2,1-3H3,(H,20,21). The lowest BCUT2D eigenvalue weighted by Gasteiger charge is -2.19. The van der Waals surface area contributed by atoms with Crippen LogP contribution < -0.4 is 10.1 Å². The molecule has 0 heterocycles. The Morgan fingerprint density at radius 1 is 1.17 bits per heavy atom. The van der Waals surface area contributed by atoms with Gasteiger partial charge in [-0.25, -0.2) is 4.79 Å². The zero-order chi connectivity index (χ0) is 17.5. The van der Waals surface area contributed by atoms with Gasteiger partial charge in [-0.1, -0.05) is 24.3 Å². The summed E-state index contributed by atoms with van der Waals surface area (Å²) in [5.74, 6) is -0.263. The van der Waals surface area contributed by atoms with Gasteiger partial charge in [0, 0.05) is 6.54 Å². The second-order valence-electron chi connectivity index (χ2n) is 5.74. The number of benzene rings is 1. The van der Waals surface area contributed by atoms with E-state index in [1.54, 1.807) is 32.9 Å². The fraction of sp³-hybridized carbons (Fsp3) is 0.438. The molecule has 7 heteroatoms. The van der Waals surface area contributed by atoms with Crippen molar-refractivity contribution in [2.45, 2.75) is 39.2 Å². The third-order valence-corrected chi connectivity index (χ3v) is 2.40. The number of hydrogen-bond acceptors (Lipinski definition) is 3. The lowest BCUT2D eigenvalue weighted by Crippen LogP contribution is -2.32. The molecule has 23 heavy (non-hydrogen) atoms. The summed E-state index contributed by atoms with van der Waals surface area (Å²) in [5.41, 5.74) is 0.192. The quantitative estimate of drug-likeness (QED) is 0.807. The summed E-state index contributed by atoms with van der Waals surface area (Å²) in [5, 5.41) is 2.60. The van der Waals surface area contributed by atoms with Crippen molar-refractivity contribution in [3.8, 4) is 5.75 Å². The summed E-state index contributed by atoms with van der Waals surface area (Å²) in [4.78, 5) is 11.4. The minimum Gasteiger partial charge on any atom is -0.444 e. The molecular weight excluding hydrogens is 311 g/mol. The van der Waals surface area contributed by atoms with E-state index < -0.39 is 18.1 Å². The number of hydrogen-bond donors (Lipinski definition) is 1. The number of rotatable bonds is 5. The normalized spacial score (nSPS) is 12.3. The number of carbonyl (C=O) groups is 1. The third kappa shape index (κ3) is 9.44. The average molecular weight is 331 g/mol. The second-order valence-corrected chi connectivity index (χ2v) is 5.74. The van der Waals surface area contributed by atoms with Crippen LogP contribution in [0.15, 0.2) is 30.3 Å². The van der Waals surface area contributed by atoms with E-state index >= 15 is 0 Å². The first kappa shape index (κ1) is 18.9. The molecule has 1 rings (SSSR count). The fourth-order valence-corrected chi connectivity index (χ4v) is 1.57. The largest absolute Gasteiger partial charge is 0.573 e. The first-order valence-electron chi connectivity index (χ1n) is 7.04. The predicted octanol–water partition coefficient (Wildman–Crippen LogP) is 4.51. The van der Waals surface area contributed by atoms with Crippen LogP contribution in [0.1, 0.15) is 32.8 Å². The van der Waals surface area contributed by atoms with Crippen LogP contribution >= 0.6 is 0 Å². The highest BCUT2D eigenvalue weighted by Gasteiger charge is 2.30. The Morgan fingerprint density at radius 3 is 2.30 bits per heavy atom. The Balaban J connectivity index is 2.34. The van der Waals surface area contributed by atoms with Gasteiger partial charge in [0.2, 0.25) is 0 Å². The van der Waals surface area contributed by atoms with Gasteiger partial charge in [-0.2, -0.15) is 0 Å². The van der Waals surface area contributed by atoms with Crippen LogP contribution in [0, 0.1) is 0 Å². The maximum absolute atomic E-state index is 12.0. The molecule has 1 amide bonds. The third-order valence-electron chi connectivity index (χ3n) is 2.40. The second kappa shape index (κ2) is 7.89. The molecule has 0 spiro atoms. The van der Waals surface area contributed by atoms with Gasteiger partial charge in [0.1, 0.15) is 11.4 Å². The van der Waals surface area contributed by atoms with E-state index in [2.05, 4.69) is 10.1 Å². The summed E-state index contributed by atoms with van der Waals surface area (Å²) >= 11 is 0. The van der Waals surface area contributed by atoms with E-state index in [-0.39, 0.29) is 5.75 Å². The van der Waals surface area contributed by atoms with E-state index in [0.717, 1.165) is 5.56 Å². The van der Waals surface area contributed by atoms with Crippen LogP contribution in [-0.4, -0.2) is 24.6 Å². The molecular formula is C16H20F3NO3. The van der Waals surface area contributed by atoms with Crippen molar-refractivity contribution in [2.75, 3.05) is 6.54 Å². The van der Waals surface area contributed by atoms with E-state index in [4.69, 9.17) is 4.74 Å². The summed E-state index contributed by atoms with van der Waals surface area (Å²) in [7, 11) is 0. The van der Waals surface area contributed by atoms with Crippen molar-refractivity contribution >= 4 is 12.2 Å². The topological polar surface area (TPSA) is 47.6 Å². The van der Waals surface area contributed by atoms with Crippen molar-refractivity contribution in [1.82, 2.24) is 5.32 Å². The molecule has 1 aromatic carbocycles. The van der Waals surface area contributed by atoms with E-state index in [0.29, 0.717) is 13.0 Å². The molecule has 0 aromatic heterocycles. The van der Waals surface area contributed by atoms with Gasteiger partial charge in [-0.15, -0.1) is 13.2 Å². The van der Waals surface area contributed by atoms with Crippen LogP contribution in [0.3, 0.4) is 0 Å². The van der Waals surface area contributed by atoms with Crippen LogP contribution in [-0.2, 0) is 4.74 Å². The van der Waals surface area contributed by atoms with Gasteiger partial charge in [0.15, 0.2) is 0 Å². The molecule has 4 nitrogen and oxygen atoms in total. The fourth-order valence-electron chi connectivity index (χ4n) is 1.57. The molecule has 1 N–H and O–H groups in total. The van der Waals surface area contributed by atoms with Gasteiger partial charge in [0.25, 0.3) is 0 Å². The van der Waals surface area contributed by atoms with Gasteiger partial charge in [0.05, 0.1) is 0 Å². The Morgan fingerprint density at radius 2 is 1.78 bits per heavy atom. The molecule has 128 valence electrons. The van der Waals surface area contributed by atoms with Gasteiger partial charge < -0.3 is 14.8 Å². The van der Waals surface area contributed by atoms with Crippen LogP contribution in [0.4, 0.5) is 18.0 Å². The molecule has 0 atom stereocenters. The van der Waals surface area contributed by atoms with Gasteiger partial charge in [-0.3, -0.25) is 0 Å². The molecule has 0 fully saturated rings. The molecule has 0 aliphatic rings. The molecule has 0 bridgehead atoms. The molecule has 0 radical (unpaired) electrons. The van der Waals surface area contributed by atoms with E-state index in [1.807, 2.05) is 0 Å². The Bertz CT molecular complexity index is 531. The molecule has 0 saturated heterocycles. The number of alkyl carbamates (subject to hydrolysis) is 1. The van der Waals surface area contributed by atoms with Crippen LogP contribution in [0.5, 0.6) is 5.75 Å². The number of nitrogens with one attached hydrogen (secondary N) is 1. The van der Waals surface area contributed by atoms with Crippen molar-refractivity contribution < 1.29 is 27.4 Å². The molecule has 1 aromatic rings. The number of carbonyl (C=O) groups excluding carboxylic acids is 1. The summed E-state index contributed by atoms with van der Waals surface area (Å²) in [6.07, 6.45) is -1.06. The van der Waals surface area contributed by atoms with Crippen molar-refractivity contribution in [2.24, 2.45) is 0 Å². The summed E-state index contributed by atoms with van der Waals surface area (Å²) in [6, 6.07) is 5.51. The average Bonchev–Trinajstić information content (AvgIpc) is 2.36. The molecule has 0 aliphatic heterocycles. The Hall–Kier alpha value is -2.18. The van der Waals surface area contributed by atoms with Crippen LogP contribution in [0.2, 0.25) is 0 Å². The predicted molar refractivity (Wildman–Crippen MR) is 81.0 cm³/mol. The molecule has 0 unspecified atom stereocenters. The SMILES string of the molecule is CC(C)(C)OC(=O)NCCC=Cc1ccc(OC(F)(F)F)cc1. The van der Waals surface area contributed by atoms with Crippen molar-refractivity contribution in [3.05, 3.63) is 35.9 Å².